The summed E-state index contributed by atoms with van der Waals surface area (Å²) < 4.78 is 12.7. The number of hydrogen-bond acceptors (Lipinski definition) is 5. The molecule has 0 saturated heterocycles. The van der Waals surface area contributed by atoms with E-state index >= 15 is 0 Å². The molecule has 180 valence electrons. The Balaban J connectivity index is 1.92. The fourth-order valence-corrected chi connectivity index (χ4v) is 3.65. The molecule has 0 aliphatic carbocycles. The highest BCUT2D eigenvalue weighted by Crippen LogP contribution is 2.29. The molecule has 0 saturated carbocycles. The fourth-order valence-electron chi connectivity index (χ4n) is 3.65. The minimum absolute atomic E-state index is 0.243. The molecule has 0 atom stereocenters. The SMILES string of the molecule is CCn1nc(C)c(CN=C(NC(=O)c2ccc(C)c(C)c2)Nc2ccc(OC)c(OC)c2)c1C. The van der Waals surface area contributed by atoms with Crippen LogP contribution in [0.4, 0.5) is 5.69 Å². The maximum absolute atomic E-state index is 13.0. The quantitative estimate of drug-likeness (QED) is 0.396. The summed E-state index contributed by atoms with van der Waals surface area (Å²) in [6.07, 6.45) is 0. The van der Waals surface area contributed by atoms with Gasteiger partial charge in [-0.05, 0) is 70.0 Å². The van der Waals surface area contributed by atoms with Gasteiger partial charge in [-0.25, -0.2) is 4.99 Å². The van der Waals surface area contributed by atoms with Crippen LogP contribution in [0.15, 0.2) is 41.4 Å². The van der Waals surface area contributed by atoms with E-state index in [1.807, 2.05) is 56.6 Å². The Hall–Kier alpha value is -3.81. The number of aryl methyl sites for hydroxylation is 4. The number of methoxy groups -OCH3 is 2. The van der Waals surface area contributed by atoms with Crippen LogP contribution in [0.5, 0.6) is 11.5 Å². The van der Waals surface area contributed by atoms with Crippen molar-refractivity contribution in [2.75, 3.05) is 19.5 Å². The third kappa shape index (κ3) is 5.57. The smallest absolute Gasteiger partial charge is 0.257 e. The van der Waals surface area contributed by atoms with Gasteiger partial charge in [-0.3, -0.25) is 14.8 Å². The largest absolute Gasteiger partial charge is 0.493 e. The summed E-state index contributed by atoms with van der Waals surface area (Å²) in [6, 6.07) is 11.1. The first-order valence-electron chi connectivity index (χ1n) is 11.2. The number of benzene rings is 2. The molecule has 3 rings (SSSR count). The van der Waals surface area contributed by atoms with Crippen molar-refractivity contribution in [1.82, 2.24) is 15.1 Å². The van der Waals surface area contributed by atoms with Gasteiger partial charge < -0.3 is 14.8 Å². The van der Waals surface area contributed by atoms with Crippen molar-refractivity contribution in [1.29, 1.82) is 0 Å². The Bertz CT molecular complexity index is 1210. The van der Waals surface area contributed by atoms with Crippen molar-refractivity contribution in [3.63, 3.8) is 0 Å². The summed E-state index contributed by atoms with van der Waals surface area (Å²) in [4.78, 5) is 17.7. The van der Waals surface area contributed by atoms with Crippen LogP contribution in [0.25, 0.3) is 0 Å². The molecule has 0 radical (unpaired) electrons. The number of nitrogens with zero attached hydrogens (tertiary/aromatic N) is 3. The van der Waals surface area contributed by atoms with Crippen molar-refractivity contribution in [2.45, 2.75) is 47.7 Å². The van der Waals surface area contributed by atoms with E-state index in [1.165, 1.54) is 0 Å². The number of guanidine groups is 1. The lowest BCUT2D eigenvalue weighted by Crippen LogP contribution is -2.36. The number of nitrogens with one attached hydrogen (secondary N) is 2. The molecule has 0 aliphatic rings. The standard InChI is InChI=1S/C26H33N5O3/c1-8-31-19(5)22(18(4)30-31)15-27-26(28-21-11-12-23(33-6)24(14-21)34-7)29-25(32)20-10-9-16(2)17(3)13-20/h9-14H,8,15H2,1-7H3,(H2,27,28,29,32). The number of ether oxygens (including phenoxy) is 2. The molecule has 1 heterocycles. The number of carbonyl (C=O) groups is 1. The van der Waals surface area contributed by atoms with E-state index in [2.05, 4.69) is 22.7 Å². The molecule has 3 aromatic rings. The van der Waals surface area contributed by atoms with Crippen LogP contribution in [0.3, 0.4) is 0 Å². The lowest BCUT2D eigenvalue weighted by atomic mass is 10.1. The molecule has 0 unspecified atom stereocenters. The van der Waals surface area contributed by atoms with Gasteiger partial charge >= 0.3 is 0 Å². The Morgan fingerprint density at radius 3 is 2.35 bits per heavy atom. The minimum Gasteiger partial charge on any atom is -0.493 e. The third-order valence-electron chi connectivity index (χ3n) is 5.87. The predicted octanol–water partition coefficient (Wildman–Crippen LogP) is 4.55. The van der Waals surface area contributed by atoms with Gasteiger partial charge in [-0.15, -0.1) is 0 Å². The molecule has 8 heteroatoms. The van der Waals surface area contributed by atoms with Gasteiger partial charge in [0.2, 0.25) is 5.96 Å². The molecule has 2 N–H and O–H groups in total. The Morgan fingerprint density at radius 1 is 1.00 bits per heavy atom. The summed E-state index contributed by atoms with van der Waals surface area (Å²) in [5.74, 6) is 1.28. The summed E-state index contributed by atoms with van der Waals surface area (Å²) >= 11 is 0. The normalized spacial score (nSPS) is 11.3. The highest BCUT2D eigenvalue weighted by Gasteiger charge is 2.14. The Labute approximate surface area is 201 Å². The van der Waals surface area contributed by atoms with E-state index in [0.717, 1.165) is 34.6 Å². The molecule has 0 fully saturated rings. The molecular weight excluding hydrogens is 430 g/mol. The molecule has 0 spiro atoms. The van der Waals surface area contributed by atoms with Crippen molar-refractivity contribution < 1.29 is 14.3 Å². The zero-order valence-electron chi connectivity index (χ0n) is 20.9. The van der Waals surface area contributed by atoms with E-state index in [-0.39, 0.29) is 5.91 Å². The van der Waals surface area contributed by atoms with E-state index in [1.54, 1.807) is 26.4 Å². The second-order valence-corrected chi connectivity index (χ2v) is 8.08. The van der Waals surface area contributed by atoms with Crippen LogP contribution < -0.4 is 20.1 Å². The lowest BCUT2D eigenvalue weighted by Gasteiger charge is -2.14. The number of rotatable bonds is 7. The van der Waals surface area contributed by atoms with Crippen LogP contribution in [-0.4, -0.2) is 35.9 Å². The maximum atomic E-state index is 13.0. The molecule has 34 heavy (non-hydrogen) atoms. The summed E-state index contributed by atoms with van der Waals surface area (Å²) in [5.41, 5.74) is 6.48. The van der Waals surface area contributed by atoms with Gasteiger partial charge in [-0.1, -0.05) is 6.07 Å². The van der Waals surface area contributed by atoms with Gasteiger partial charge in [0.15, 0.2) is 11.5 Å². The van der Waals surface area contributed by atoms with Crippen LogP contribution in [0.1, 0.15) is 45.4 Å². The predicted molar refractivity (Wildman–Crippen MR) is 135 cm³/mol. The second kappa shape index (κ2) is 10.9. The Morgan fingerprint density at radius 2 is 1.74 bits per heavy atom. The van der Waals surface area contributed by atoms with Gasteiger partial charge in [-0.2, -0.15) is 5.10 Å². The minimum atomic E-state index is -0.243. The zero-order valence-corrected chi connectivity index (χ0v) is 20.9. The van der Waals surface area contributed by atoms with Crippen molar-refractivity contribution in [2.24, 2.45) is 4.99 Å². The highest BCUT2D eigenvalue weighted by molar-refractivity contribution is 6.10. The van der Waals surface area contributed by atoms with E-state index in [0.29, 0.717) is 35.3 Å². The first-order chi connectivity index (χ1) is 16.3. The molecule has 0 bridgehead atoms. The number of carbonyl (C=O) groups excluding carboxylic acids is 1. The van der Waals surface area contributed by atoms with Gasteiger partial charge in [0.25, 0.3) is 5.91 Å². The average molecular weight is 464 g/mol. The number of amides is 1. The van der Waals surface area contributed by atoms with Crippen LogP contribution >= 0.6 is 0 Å². The van der Waals surface area contributed by atoms with Crippen molar-refractivity contribution in [3.05, 3.63) is 70.0 Å². The molecule has 2 aromatic carbocycles. The third-order valence-corrected chi connectivity index (χ3v) is 5.87. The van der Waals surface area contributed by atoms with E-state index in [4.69, 9.17) is 14.5 Å². The van der Waals surface area contributed by atoms with E-state index < -0.39 is 0 Å². The lowest BCUT2D eigenvalue weighted by molar-refractivity contribution is 0.0977. The topological polar surface area (TPSA) is 89.8 Å². The number of anilines is 1. The van der Waals surface area contributed by atoms with Crippen LogP contribution in [0, 0.1) is 27.7 Å². The van der Waals surface area contributed by atoms with Gasteiger partial charge in [0.05, 0.1) is 26.5 Å². The van der Waals surface area contributed by atoms with E-state index in [9.17, 15) is 4.79 Å². The Kier molecular flexibility index (Phi) is 7.94. The molecule has 1 amide bonds. The van der Waals surface area contributed by atoms with Crippen LogP contribution in [0.2, 0.25) is 0 Å². The second-order valence-electron chi connectivity index (χ2n) is 8.08. The number of aromatic nitrogens is 2. The maximum Gasteiger partial charge on any atom is 0.257 e. The number of hydrogen-bond donors (Lipinski definition) is 2. The van der Waals surface area contributed by atoms with Crippen molar-refractivity contribution in [3.8, 4) is 11.5 Å². The highest BCUT2D eigenvalue weighted by atomic mass is 16.5. The molecule has 8 nitrogen and oxygen atoms in total. The van der Waals surface area contributed by atoms with Gasteiger partial charge in [0.1, 0.15) is 0 Å². The summed E-state index contributed by atoms with van der Waals surface area (Å²) in [7, 11) is 3.16. The average Bonchev–Trinajstić information content (AvgIpc) is 3.11. The number of aliphatic imine (C=N–C) groups is 1. The monoisotopic (exact) mass is 463 g/mol. The molecule has 1 aromatic heterocycles. The molecular formula is C26H33N5O3. The fraction of sp³-hybridized carbons (Fsp3) is 0.346. The first kappa shape index (κ1) is 24.8. The first-order valence-corrected chi connectivity index (χ1v) is 11.2. The zero-order chi connectivity index (χ0) is 24.8. The van der Waals surface area contributed by atoms with Crippen molar-refractivity contribution >= 4 is 17.6 Å². The van der Waals surface area contributed by atoms with Crippen LogP contribution in [-0.2, 0) is 13.1 Å². The summed E-state index contributed by atoms with van der Waals surface area (Å²) in [5, 5.41) is 10.7. The summed E-state index contributed by atoms with van der Waals surface area (Å²) in [6.45, 7) is 11.2. The molecule has 0 aliphatic heterocycles. The van der Waals surface area contributed by atoms with Gasteiger partial charge in [0, 0.05) is 35.1 Å².